The van der Waals surface area contributed by atoms with Gasteiger partial charge in [-0.3, -0.25) is 4.79 Å². The summed E-state index contributed by atoms with van der Waals surface area (Å²) in [6, 6.07) is 5.94. The number of piperidine rings is 1. The highest BCUT2D eigenvalue weighted by Gasteiger charge is 2.36. The van der Waals surface area contributed by atoms with Gasteiger partial charge in [-0.25, -0.2) is 14.3 Å². The normalized spacial score (nSPS) is 22.6. The molecule has 5 rings (SSSR count). The number of carbonyl (C=O) groups excluding carboxylic acids is 1. The van der Waals surface area contributed by atoms with Gasteiger partial charge in [-0.15, -0.1) is 11.3 Å². The number of thiazole rings is 1. The Kier molecular flexibility index (Phi) is 5.79. The number of aryl methyl sites for hydroxylation is 1. The van der Waals surface area contributed by atoms with E-state index in [1.165, 1.54) is 23.5 Å². The predicted octanol–water partition coefficient (Wildman–Crippen LogP) is 3.75. The number of carbonyl (C=O) groups is 1. The van der Waals surface area contributed by atoms with E-state index in [4.69, 9.17) is 0 Å². The lowest BCUT2D eigenvalue weighted by atomic mass is 9.97. The van der Waals surface area contributed by atoms with Gasteiger partial charge in [0.05, 0.1) is 16.1 Å². The van der Waals surface area contributed by atoms with Gasteiger partial charge in [0.2, 0.25) is 5.83 Å². The van der Waals surface area contributed by atoms with Crippen molar-refractivity contribution in [3.8, 4) is 10.4 Å². The summed E-state index contributed by atoms with van der Waals surface area (Å²) < 4.78 is 41.1. The number of likely N-dealkylation sites (tertiary alicyclic amines) is 1. The summed E-state index contributed by atoms with van der Waals surface area (Å²) in [6.45, 7) is 2.40. The number of hydrogen-bond donors (Lipinski definition) is 1. The maximum Gasteiger partial charge on any atom is 0.274 e. The first-order chi connectivity index (χ1) is 15.9. The molecule has 33 heavy (non-hydrogen) atoms. The van der Waals surface area contributed by atoms with Crippen LogP contribution in [0.5, 0.6) is 0 Å². The van der Waals surface area contributed by atoms with Crippen molar-refractivity contribution in [2.75, 3.05) is 13.2 Å². The van der Waals surface area contributed by atoms with Gasteiger partial charge < -0.3 is 4.90 Å². The van der Waals surface area contributed by atoms with Crippen LogP contribution in [-0.4, -0.2) is 46.0 Å². The zero-order valence-corrected chi connectivity index (χ0v) is 18.8. The first-order valence-corrected chi connectivity index (χ1v) is 11.7. The second-order valence-corrected chi connectivity index (χ2v) is 9.63. The summed E-state index contributed by atoms with van der Waals surface area (Å²) in [6.07, 6.45) is 5.65. The number of aromatic nitrogens is 1. The molecule has 172 valence electrons. The van der Waals surface area contributed by atoms with E-state index in [-0.39, 0.29) is 30.3 Å². The number of quaternary nitrogens is 1. The Balaban J connectivity index is 1.39. The van der Waals surface area contributed by atoms with Crippen LogP contribution < -0.4 is 4.90 Å². The molecule has 3 aliphatic heterocycles. The molecule has 0 aliphatic carbocycles. The Morgan fingerprint density at radius 1 is 1.24 bits per heavy atom. The van der Waals surface area contributed by atoms with Crippen LogP contribution >= 0.6 is 11.3 Å². The highest BCUT2D eigenvalue weighted by molar-refractivity contribution is 7.15. The molecule has 1 unspecified atom stereocenters. The van der Waals surface area contributed by atoms with Crippen molar-refractivity contribution in [3.63, 3.8) is 0 Å². The Morgan fingerprint density at radius 3 is 2.82 bits per heavy atom. The van der Waals surface area contributed by atoms with Gasteiger partial charge in [-0.1, -0.05) is 16.6 Å². The van der Waals surface area contributed by atoms with E-state index in [9.17, 15) is 18.1 Å². The van der Waals surface area contributed by atoms with Crippen LogP contribution in [0.15, 0.2) is 53.2 Å². The van der Waals surface area contributed by atoms with Crippen molar-refractivity contribution in [2.24, 2.45) is 4.99 Å². The van der Waals surface area contributed by atoms with Gasteiger partial charge in [0.15, 0.2) is 6.67 Å². The van der Waals surface area contributed by atoms with Gasteiger partial charge in [0, 0.05) is 19.0 Å². The van der Waals surface area contributed by atoms with Crippen LogP contribution in [0.3, 0.4) is 0 Å². The van der Waals surface area contributed by atoms with Crippen molar-refractivity contribution in [1.82, 2.24) is 15.0 Å². The summed E-state index contributed by atoms with van der Waals surface area (Å²) in [7, 11) is 0. The van der Waals surface area contributed by atoms with E-state index in [2.05, 4.69) is 9.98 Å². The van der Waals surface area contributed by atoms with E-state index in [0.717, 1.165) is 40.9 Å². The van der Waals surface area contributed by atoms with Gasteiger partial charge in [0.25, 0.3) is 11.7 Å². The van der Waals surface area contributed by atoms with Crippen LogP contribution in [0.4, 0.5) is 13.3 Å². The highest BCUT2D eigenvalue weighted by atomic mass is 32.1. The molecule has 0 radical (unpaired) electrons. The predicted molar refractivity (Wildman–Crippen MR) is 119 cm³/mol. The average molecular weight is 475 g/mol. The van der Waals surface area contributed by atoms with Crippen LogP contribution in [-0.2, 0) is 0 Å². The quantitative estimate of drug-likeness (QED) is 0.687. The zero-order valence-electron chi connectivity index (χ0n) is 18.0. The molecule has 2 atom stereocenters. The standard InChI is InChI=1S/C23H22F3N5OS/c1-14-27-20(21(33-14)15-5-7-16(24)8-6-15)23(32)31-9-3-2-4-18(31)10-17-11-29-13-30(26)12-19(25)22(29)28-17/h5-8,11-12,18H,2-4,9-10,13H2,1H3/p+1/t18-/m0/s1. The Bertz CT molecular complexity index is 1170. The average Bonchev–Trinajstić information content (AvgIpc) is 3.37. The van der Waals surface area contributed by atoms with E-state index < -0.39 is 5.83 Å². The monoisotopic (exact) mass is 474 g/mol. The van der Waals surface area contributed by atoms with E-state index in [1.54, 1.807) is 18.3 Å². The molecule has 3 aliphatic rings. The summed E-state index contributed by atoms with van der Waals surface area (Å²) in [5.74, 6) is -1.01. The molecule has 1 saturated heterocycles. The molecule has 1 fully saturated rings. The topological polar surface area (TPSA) is 53.2 Å². The highest BCUT2D eigenvalue weighted by Crippen LogP contribution is 2.33. The minimum absolute atomic E-state index is 0.0395. The summed E-state index contributed by atoms with van der Waals surface area (Å²) >= 11 is 1.41. The third-order valence-corrected chi connectivity index (χ3v) is 7.10. The first-order valence-electron chi connectivity index (χ1n) is 10.9. The van der Waals surface area contributed by atoms with Crippen molar-refractivity contribution in [3.05, 3.63) is 64.7 Å². The van der Waals surface area contributed by atoms with Crippen molar-refractivity contribution >= 4 is 23.1 Å². The molecule has 4 heterocycles. The smallest absolute Gasteiger partial charge is 0.274 e. The van der Waals surface area contributed by atoms with Crippen LogP contribution in [0, 0.1) is 12.7 Å². The van der Waals surface area contributed by atoms with Crippen LogP contribution in [0.2, 0.25) is 0 Å². The molecule has 10 heteroatoms. The molecule has 1 amide bonds. The van der Waals surface area contributed by atoms with E-state index >= 15 is 0 Å². The lowest BCUT2D eigenvalue weighted by molar-refractivity contribution is -0.765. The molecule has 1 aromatic carbocycles. The van der Waals surface area contributed by atoms with Gasteiger partial charge >= 0.3 is 0 Å². The molecule has 1 aromatic heterocycles. The fraction of sp³-hybridized carbons (Fsp3) is 0.348. The number of hydrogen-bond acceptors (Lipinski definition) is 5. The molecule has 2 aromatic rings. The third kappa shape index (κ3) is 4.32. The lowest BCUT2D eigenvalue weighted by Gasteiger charge is -2.35. The minimum Gasteiger partial charge on any atom is -0.334 e. The number of amidine groups is 1. The number of nitrogens with zero attached hydrogens (tertiary/aromatic N) is 4. The molecule has 0 bridgehead atoms. The summed E-state index contributed by atoms with van der Waals surface area (Å²) in [5, 5.41) is 1.07. The molecule has 0 spiro atoms. The number of amides is 1. The largest absolute Gasteiger partial charge is 0.334 e. The fourth-order valence-electron chi connectivity index (χ4n) is 4.57. The molecule has 0 saturated carbocycles. The molecular weight excluding hydrogens is 451 g/mol. The third-order valence-electron chi connectivity index (χ3n) is 6.08. The molecule has 6 nitrogen and oxygen atoms in total. The number of halogens is 3. The van der Waals surface area contributed by atoms with Gasteiger partial charge in [-0.05, 0) is 43.9 Å². The number of nitrogens with one attached hydrogen (secondary N) is 1. The molecule has 1 N–H and O–H groups in total. The Morgan fingerprint density at radius 2 is 2.03 bits per heavy atom. The number of rotatable bonds is 4. The maximum atomic E-state index is 14.1. The van der Waals surface area contributed by atoms with Crippen molar-refractivity contribution < 1.29 is 23.0 Å². The van der Waals surface area contributed by atoms with E-state index in [1.807, 2.05) is 11.8 Å². The molecular formula is C23H23F3N5OS+. The van der Waals surface area contributed by atoms with Crippen LogP contribution in [0.25, 0.3) is 10.4 Å². The first kappa shape index (κ1) is 21.8. The van der Waals surface area contributed by atoms with Crippen LogP contribution in [0.1, 0.15) is 41.2 Å². The van der Waals surface area contributed by atoms with Gasteiger partial charge in [0.1, 0.15) is 23.4 Å². The Labute approximate surface area is 193 Å². The number of benzene rings is 1. The minimum atomic E-state index is -0.691. The van der Waals surface area contributed by atoms with E-state index in [0.29, 0.717) is 34.4 Å². The number of fused-ring (bicyclic) bond motifs is 1. The fourth-order valence-corrected chi connectivity index (χ4v) is 5.48. The summed E-state index contributed by atoms with van der Waals surface area (Å²) in [5.41, 5.74) is 1.77. The Hall–Kier alpha value is -2.98. The lowest BCUT2D eigenvalue weighted by Crippen LogP contribution is -3.11. The van der Waals surface area contributed by atoms with Gasteiger partial charge in [-0.2, -0.15) is 14.5 Å². The summed E-state index contributed by atoms with van der Waals surface area (Å²) in [4.78, 5) is 25.6. The van der Waals surface area contributed by atoms with Crippen molar-refractivity contribution in [2.45, 2.75) is 38.6 Å². The maximum absolute atomic E-state index is 14.1. The second-order valence-electron chi connectivity index (χ2n) is 8.43. The second kappa shape index (κ2) is 8.75. The SMILES string of the molecule is Cc1nc(C(=O)N2CCCC[C@H]2CC2=C[NH+]3CN(F)C=C(F)C3=N2)c(-c2ccc(F)cc2)s1. The zero-order chi connectivity index (χ0) is 23.1. The van der Waals surface area contributed by atoms with Crippen molar-refractivity contribution in [1.29, 1.82) is 0 Å². The number of aliphatic imine (C=N–C) groups is 1.